The summed E-state index contributed by atoms with van der Waals surface area (Å²) in [5.41, 5.74) is 3.46. The maximum atomic E-state index is 12.6. The number of hydrogen-bond acceptors (Lipinski definition) is 5. The highest BCUT2D eigenvalue weighted by atomic mass is 32.2. The maximum absolute atomic E-state index is 12.6. The van der Waals surface area contributed by atoms with Gasteiger partial charge in [0.05, 0.1) is 19.4 Å². The van der Waals surface area contributed by atoms with Crippen LogP contribution in [0.2, 0.25) is 0 Å². The van der Waals surface area contributed by atoms with Crippen molar-refractivity contribution in [3.63, 3.8) is 0 Å². The maximum Gasteiger partial charge on any atom is 0.243 e. The molecule has 3 aromatic rings. The van der Waals surface area contributed by atoms with E-state index in [4.69, 9.17) is 4.74 Å². The minimum Gasteiger partial charge on any atom is -0.379 e. The monoisotopic (exact) mass is 454 g/mol. The van der Waals surface area contributed by atoms with Gasteiger partial charge in [-0.25, -0.2) is 13.1 Å². The van der Waals surface area contributed by atoms with Crippen LogP contribution in [0.5, 0.6) is 0 Å². The number of benzene rings is 2. The molecule has 0 radical (unpaired) electrons. The minimum absolute atomic E-state index is 0.172. The number of nitrogens with one attached hydrogen (secondary N) is 1. The number of aromatic nitrogens is 2. The normalized spacial score (nSPS) is 16.2. The smallest absolute Gasteiger partial charge is 0.243 e. The SMILES string of the molecule is Cn1cc(S(=O)(=O)NCc2cccc(C(Cc3ccccc3)CN3CCOCC3)c2)cn1. The van der Waals surface area contributed by atoms with Gasteiger partial charge < -0.3 is 4.74 Å². The third kappa shape index (κ3) is 6.04. The Morgan fingerprint density at radius 2 is 1.81 bits per heavy atom. The van der Waals surface area contributed by atoms with Crippen LogP contribution in [0.15, 0.2) is 71.9 Å². The highest BCUT2D eigenvalue weighted by molar-refractivity contribution is 7.89. The Kier molecular flexibility index (Phi) is 7.36. The van der Waals surface area contributed by atoms with Crippen LogP contribution in [0.3, 0.4) is 0 Å². The lowest BCUT2D eigenvalue weighted by molar-refractivity contribution is 0.0350. The number of nitrogens with zero attached hydrogens (tertiary/aromatic N) is 3. The quantitative estimate of drug-likeness (QED) is 0.538. The molecule has 0 aliphatic carbocycles. The molecule has 1 aliphatic heterocycles. The first-order chi connectivity index (χ1) is 15.5. The van der Waals surface area contributed by atoms with Gasteiger partial charge in [0.2, 0.25) is 10.0 Å². The van der Waals surface area contributed by atoms with Crippen molar-refractivity contribution in [3.8, 4) is 0 Å². The summed E-state index contributed by atoms with van der Waals surface area (Å²) in [7, 11) is -1.90. The molecule has 4 rings (SSSR count). The zero-order valence-electron chi connectivity index (χ0n) is 18.4. The van der Waals surface area contributed by atoms with Gasteiger partial charge in [0.25, 0.3) is 0 Å². The van der Waals surface area contributed by atoms with E-state index in [0.29, 0.717) is 5.92 Å². The van der Waals surface area contributed by atoms with Crippen LogP contribution < -0.4 is 4.72 Å². The topological polar surface area (TPSA) is 76.5 Å². The molecule has 32 heavy (non-hydrogen) atoms. The first-order valence-electron chi connectivity index (χ1n) is 10.9. The molecule has 170 valence electrons. The van der Waals surface area contributed by atoms with Gasteiger partial charge in [0.15, 0.2) is 0 Å². The molecule has 1 N–H and O–H groups in total. The Balaban J connectivity index is 1.50. The molecule has 1 atom stereocenters. The zero-order chi connectivity index (χ0) is 22.4. The summed E-state index contributed by atoms with van der Waals surface area (Å²) < 4.78 is 34.8. The van der Waals surface area contributed by atoms with Crippen molar-refractivity contribution in [1.82, 2.24) is 19.4 Å². The summed E-state index contributed by atoms with van der Waals surface area (Å²) in [5, 5.41) is 3.95. The standard InChI is InChI=1S/C24H30N4O3S/c1-27-19-24(17-25-27)32(29,30)26-16-21-8-5-9-22(15-21)23(14-20-6-3-2-4-7-20)18-28-10-12-31-13-11-28/h2-9,15,17,19,23,26H,10-14,16,18H2,1H3. The van der Waals surface area contributed by atoms with Crippen molar-refractivity contribution in [2.45, 2.75) is 23.8 Å². The lowest BCUT2D eigenvalue weighted by Crippen LogP contribution is -2.39. The molecule has 1 aliphatic rings. The van der Waals surface area contributed by atoms with Crippen LogP contribution in [0, 0.1) is 0 Å². The second kappa shape index (κ2) is 10.4. The Bertz CT molecular complexity index is 1110. The average molecular weight is 455 g/mol. The minimum atomic E-state index is -3.60. The number of hydrogen-bond donors (Lipinski definition) is 1. The van der Waals surface area contributed by atoms with Gasteiger partial charge in [0, 0.05) is 45.3 Å². The van der Waals surface area contributed by atoms with E-state index >= 15 is 0 Å². The van der Waals surface area contributed by atoms with Gasteiger partial charge in [-0.1, -0.05) is 54.6 Å². The van der Waals surface area contributed by atoms with Crippen molar-refractivity contribution < 1.29 is 13.2 Å². The summed E-state index contributed by atoms with van der Waals surface area (Å²) in [6, 6.07) is 18.8. The van der Waals surface area contributed by atoms with Gasteiger partial charge in [-0.3, -0.25) is 9.58 Å². The van der Waals surface area contributed by atoms with Crippen LogP contribution in [0.25, 0.3) is 0 Å². The van der Waals surface area contributed by atoms with E-state index in [1.165, 1.54) is 28.2 Å². The van der Waals surface area contributed by atoms with Crippen LogP contribution in [0.4, 0.5) is 0 Å². The molecule has 1 aromatic heterocycles. The zero-order valence-corrected chi connectivity index (χ0v) is 19.2. The van der Waals surface area contributed by atoms with E-state index in [9.17, 15) is 8.42 Å². The van der Waals surface area contributed by atoms with Crippen molar-refractivity contribution >= 4 is 10.0 Å². The molecule has 0 bridgehead atoms. The number of rotatable bonds is 9. The van der Waals surface area contributed by atoms with E-state index in [1.54, 1.807) is 7.05 Å². The molecule has 0 saturated carbocycles. The van der Waals surface area contributed by atoms with Crippen molar-refractivity contribution in [2.75, 3.05) is 32.8 Å². The molecule has 8 heteroatoms. The van der Waals surface area contributed by atoms with Crippen LogP contribution >= 0.6 is 0 Å². The fourth-order valence-corrected chi connectivity index (χ4v) is 5.04. The fraction of sp³-hybridized carbons (Fsp3) is 0.375. The molecule has 0 spiro atoms. The average Bonchev–Trinajstić information content (AvgIpc) is 3.26. The summed E-state index contributed by atoms with van der Waals surface area (Å²) in [5.74, 6) is 0.311. The van der Waals surface area contributed by atoms with E-state index in [1.807, 2.05) is 18.2 Å². The Morgan fingerprint density at radius 3 is 2.53 bits per heavy atom. The molecule has 0 amide bonds. The molecular weight excluding hydrogens is 424 g/mol. The van der Waals surface area contributed by atoms with Gasteiger partial charge in [-0.15, -0.1) is 0 Å². The molecular formula is C24H30N4O3S. The van der Waals surface area contributed by atoms with E-state index < -0.39 is 10.0 Å². The molecule has 1 saturated heterocycles. The van der Waals surface area contributed by atoms with E-state index in [-0.39, 0.29) is 11.4 Å². The largest absolute Gasteiger partial charge is 0.379 e. The van der Waals surface area contributed by atoms with Gasteiger partial charge in [0.1, 0.15) is 4.90 Å². The molecule has 7 nitrogen and oxygen atoms in total. The first kappa shape index (κ1) is 22.7. The second-order valence-electron chi connectivity index (χ2n) is 8.22. The van der Waals surface area contributed by atoms with Crippen LogP contribution in [-0.2, 0) is 34.8 Å². The van der Waals surface area contributed by atoms with Crippen molar-refractivity contribution in [2.24, 2.45) is 7.05 Å². The highest BCUT2D eigenvalue weighted by Crippen LogP contribution is 2.24. The van der Waals surface area contributed by atoms with Crippen molar-refractivity contribution in [1.29, 1.82) is 0 Å². The number of aryl methyl sites for hydroxylation is 1. The third-order valence-electron chi connectivity index (χ3n) is 5.79. The predicted molar refractivity (Wildman–Crippen MR) is 124 cm³/mol. The molecule has 2 heterocycles. The summed E-state index contributed by atoms with van der Waals surface area (Å²) in [4.78, 5) is 2.62. The lowest BCUT2D eigenvalue weighted by Gasteiger charge is -2.31. The number of sulfonamides is 1. The van der Waals surface area contributed by atoms with Crippen LogP contribution in [0.1, 0.15) is 22.6 Å². The molecule has 1 unspecified atom stereocenters. The van der Waals surface area contributed by atoms with E-state index in [2.05, 4.69) is 51.1 Å². The fourth-order valence-electron chi connectivity index (χ4n) is 4.04. The third-order valence-corrected chi connectivity index (χ3v) is 7.14. The number of ether oxygens (including phenoxy) is 1. The van der Waals surface area contributed by atoms with Crippen LogP contribution in [-0.4, -0.2) is 55.9 Å². The molecule has 1 fully saturated rings. The summed E-state index contributed by atoms with van der Waals surface area (Å²) in [6.07, 6.45) is 3.79. The Hall–Kier alpha value is -2.52. The lowest BCUT2D eigenvalue weighted by atomic mass is 9.90. The Labute approximate surface area is 190 Å². The van der Waals surface area contributed by atoms with E-state index in [0.717, 1.165) is 44.8 Å². The van der Waals surface area contributed by atoms with Crippen molar-refractivity contribution in [3.05, 3.63) is 83.7 Å². The Morgan fingerprint density at radius 1 is 1.06 bits per heavy atom. The van der Waals surface area contributed by atoms with Gasteiger partial charge in [-0.2, -0.15) is 5.10 Å². The molecule has 2 aromatic carbocycles. The van der Waals surface area contributed by atoms with Gasteiger partial charge >= 0.3 is 0 Å². The second-order valence-corrected chi connectivity index (χ2v) is 9.99. The first-order valence-corrected chi connectivity index (χ1v) is 12.4. The number of morpholine rings is 1. The predicted octanol–water partition coefficient (Wildman–Crippen LogP) is 2.56. The summed E-state index contributed by atoms with van der Waals surface area (Å²) >= 11 is 0. The highest BCUT2D eigenvalue weighted by Gasteiger charge is 2.20. The summed E-state index contributed by atoms with van der Waals surface area (Å²) in [6.45, 7) is 4.61. The van der Waals surface area contributed by atoms with Gasteiger partial charge in [-0.05, 0) is 23.1 Å².